The van der Waals surface area contributed by atoms with E-state index >= 15 is 0 Å². The summed E-state index contributed by atoms with van der Waals surface area (Å²) in [6, 6.07) is 6.19. The van der Waals surface area contributed by atoms with Gasteiger partial charge in [0.1, 0.15) is 17.7 Å². The van der Waals surface area contributed by atoms with E-state index in [1.54, 1.807) is 18.2 Å². The summed E-state index contributed by atoms with van der Waals surface area (Å²) in [5.74, 6) is -2.44. The second-order valence-corrected chi connectivity index (χ2v) is 4.48. The van der Waals surface area contributed by atoms with Crippen molar-refractivity contribution in [2.24, 2.45) is 0 Å². The zero-order chi connectivity index (χ0) is 14.3. The van der Waals surface area contributed by atoms with Gasteiger partial charge in [0.05, 0.1) is 0 Å². The second kappa shape index (κ2) is 4.22. The lowest BCUT2D eigenvalue weighted by atomic mass is 10.0. The first-order valence-electron chi connectivity index (χ1n) is 5.90. The van der Waals surface area contributed by atoms with Crippen molar-refractivity contribution in [3.63, 3.8) is 0 Å². The maximum Gasteiger partial charge on any atom is 0.271 e. The summed E-state index contributed by atoms with van der Waals surface area (Å²) < 4.78 is 27.3. The molecule has 0 bridgehead atoms. The Hall–Kier alpha value is -2.57. The van der Waals surface area contributed by atoms with E-state index in [1.807, 2.05) is 0 Å². The highest BCUT2D eigenvalue weighted by atomic mass is 19.3. The monoisotopic (exact) mass is 275 g/mol. The molecule has 5 nitrogen and oxygen atoms in total. The third-order valence-electron chi connectivity index (χ3n) is 2.97. The number of fused-ring (bicyclic) bond motifs is 1. The predicted octanol–water partition coefficient (Wildman–Crippen LogP) is 2.71. The van der Waals surface area contributed by atoms with Crippen molar-refractivity contribution in [2.45, 2.75) is 12.8 Å². The van der Waals surface area contributed by atoms with Gasteiger partial charge < -0.3 is 10.7 Å². The number of nitrogens with one attached hydrogen (secondary N) is 1. The minimum absolute atomic E-state index is 0.106. The average molecular weight is 275 g/mol. The Morgan fingerprint density at radius 3 is 2.65 bits per heavy atom. The molecule has 2 heterocycles. The molecule has 3 rings (SSSR count). The number of aromatic nitrogens is 4. The number of nitrogen functional groups attached to an aromatic ring is 1. The third-order valence-corrected chi connectivity index (χ3v) is 2.97. The van der Waals surface area contributed by atoms with Gasteiger partial charge >= 0.3 is 0 Å². The molecule has 0 aliphatic carbocycles. The molecule has 0 unspecified atom stereocenters. The average Bonchev–Trinajstić information content (AvgIpc) is 2.83. The van der Waals surface area contributed by atoms with Gasteiger partial charge in [0, 0.05) is 18.1 Å². The standard InChI is InChI=1S/C13H11F2N5/c1-13(14,15)8-5-3-2-4-7(8)11-19-9-10(16)17-6-18-12(9)20-11/h2-6H,1H3,(H3,16,17,18,19,20). The van der Waals surface area contributed by atoms with Crippen LogP contribution in [0.2, 0.25) is 0 Å². The van der Waals surface area contributed by atoms with Gasteiger partial charge in [-0.3, -0.25) is 0 Å². The molecule has 3 aromatic rings. The lowest BCUT2D eigenvalue weighted by Crippen LogP contribution is -2.09. The van der Waals surface area contributed by atoms with Gasteiger partial charge in [-0.2, -0.15) is 0 Å². The summed E-state index contributed by atoms with van der Waals surface area (Å²) in [5.41, 5.74) is 6.70. The minimum atomic E-state index is -2.97. The maximum absolute atomic E-state index is 13.6. The van der Waals surface area contributed by atoms with Gasteiger partial charge in [0.15, 0.2) is 11.5 Å². The first-order valence-corrected chi connectivity index (χ1v) is 5.90. The summed E-state index contributed by atoms with van der Waals surface area (Å²) >= 11 is 0. The van der Waals surface area contributed by atoms with Crippen LogP contribution in [0, 0.1) is 0 Å². The largest absolute Gasteiger partial charge is 0.382 e. The Labute approximate surface area is 112 Å². The number of benzene rings is 1. The molecule has 0 radical (unpaired) electrons. The molecular formula is C13H11F2N5. The van der Waals surface area contributed by atoms with Gasteiger partial charge in [-0.1, -0.05) is 24.3 Å². The molecule has 0 spiro atoms. The number of nitrogens with zero attached hydrogens (tertiary/aromatic N) is 3. The number of halogens is 2. The molecule has 3 N–H and O–H groups in total. The van der Waals surface area contributed by atoms with Gasteiger partial charge in [-0.05, 0) is 0 Å². The molecular weight excluding hydrogens is 264 g/mol. The summed E-state index contributed by atoms with van der Waals surface area (Å²) in [5, 5.41) is 0. The van der Waals surface area contributed by atoms with Crippen LogP contribution in [-0.2, 0) is 5.92 Å². The highest BCUT2D eigenvalue weighted by Gasteiger charge is 2.28. The molecule has 2 aromatic heterocycles. The zero-order valence-electron chi connectivity index (χ0n) is 10.6. The Bertz CT molecular complexity index is 776. The molecule has 0 aliphatic heterocycles. The van der Waals surface area contributed by atoms with E-state index < -0.39 is 5.92 Å². The molecule has 0 saturated heterocycles. The van der Waals surface area contributed by atoms with E-state index in [2.05, 4.69) is 19.9 Å². The predicted molar refractivity (Wildman–Crippen MR) is 71.1 cm³/mol. The Morgan fingerprint density at radius 1 is 1.20 bits per heavy atom. The van der Waals surface area contributed by atoms with Gasteiger partial charge in [0.25, 0.3) is 5.92 Å². The van der Waals surface area contributed by atoms with Crippen LogP contribution in [0.3, 0.4) is 0 Å². The molecule has 0 amide bonds. The fourth-order valence-electron chi connectivity index (χ4n) is 2.05. The van der Waals surface area contributed by atoms with Gasteiger partial charge in [-0.25, -0.2) is 23.7 Å². The molecule has 0 saturated carbocycles. The summed E-state index contributed by atoms with van der Waals surface area (Å²) in [6.45, 7) is 0.850. The first kappa shape index (κ1) is 12.5. The molecule has 0 aliphatic rings. The molecule has 0 fully saturated rings. The SMILES string of the molecule is CC(F)(F)c1ccccc1-c1nc2ncnc(N)c2[nH]1. The van der Waals surface area contributed by atoms with Gasteiger partial charge in [0.2, 0.25) is 0 Å². The van der Waals surface area contributed by atoms with E-state index in [0.29, 0.717) is 22.6 Å². The highest BCUT2D eigenvalue weighted by Crippen LogP contribution is 2.35. The number of hydrogen-bond acceptors (Lipinski definition) is 4. The number of aromatic amines is 1. The molecule has 7 heteroatoms. The van der Waals surface area contributed by atoms with Crippen LogP contribution in [0.4, 0.5) is 14.6 Å². The Morgan fingerprint density at radius 2 is 1.95 bits per heavy atom. The lowest BCUT2D eigenvalue weighted by molar-refractivity contribution is 0.0180. The number of alkyl halides is 2. The number of anilines is 1. The number of rotatable bonds is 2. The number of hydrogen-bond donors (Lipinski definition) is 2. The molecule has 20 heavy (non-hydrogen) atoms. The Kier molecular flexibility index (Phi) is 2.63. The maximum atomic E-state index is 13.6. The first-order chi connectivity index (χ1) is 9.47. The van der Waals surface area contributed by atoms with Crippen LogP contribution >= 0.6 is 0 Å². The third kappa shape index (κ3) is 1.97. The molecule has 102 valence electrons. The zero-order valence-corrected chi connectivity index (χ0v) is 10.6. The van der Waals surface area contributed by atoms with Crippen molar-refractivity contribution in [3.05, 3.63) is 36.2 Å². The van der Waals surface area contributed by atoms with Crippen molar-refractivity contribution < 1.29 is 8.78 Å². The van der Waals surface area contributed by atoms with Crippen molar-refractivity contribution >= 4 is 17.0 Å². The van der Waals surface area contributed by atoms with Gasteiger partial charge in [-0.15, -0.1) is 0 Å². The number of imidazole rings is 1. The Balaban J connectivity index is 2.24. The summed E-state index contributed by atoms with van der Waals surface area (Å²) in [7, 11) is 0. The van der Waals surface area contributed by atoms with E-state index in [4.69, 9.17) is 5.73 Å². The van der Waals surface area contributed by atoms with Crippen LogP contribution < -0.4 is 5.73 Å². The molecule has 0 atom stereocenters. The lowest BCUT2D eigenvalue weighted by Gasteiger charge is -2.14. The second-order valence-electron chi connectivity index (χ2n) is 4.48. The van der Waals surface area contributed by atoms with Crippen LogP contribution in [0.1, 0.15) is 12.5 Å². The summed E-state index contributed by atoms with van der Waals surface area (Å²) in [6.07, 6.45) is 1.28. The van der Waals surface area contributed by atoms with E-state index in [1.165, 1.54) is 12.4 Å². The van der Waals surface area contributed by atoms with Crippen LogP contribution in [-0.4, -0.2) is 19.9 Å². The van der Waals surface area contributed by atoms with Crippen molar-refractivity contribution in [1.82, 2.24) is 19.9 Å². The number of H-pyrrole nitrogens is 1. The van der Waals surface area contributed by atoms with Crippen LogP contribution in [0.25, 0.3) is 22.6 Å². The molecule has 1 aromatic carbocycles. The topological polar surface area (TPSA) is 80.5 Å². The minimum Gasteiger partial charge on any atom is -0.382 e. The van der Waals surface area contributed by atoms with Crippen molar-refractivity contribution in [2.75, 3.05) is 5.73 Å². The normalized spacial score (nSPS) is 11.9. The quantitative estimate of drug-likeness (QED) is 0.753. The fourth-order valence-corrected chi connectivity index (χ4v) is 2.05. The van der Waals surface area contributed by atoms with Crippen molar-refractivity contribution in [3.8, 4) is 11.4 Å². The smallest absolute Gasteiger partial charge is 0.271 e. The highest BCUT2D eigenvalue weighted by molar-refractivity contribution is 5.84. The summed E-state index contributed by atoms with van der Waals surface area (Å²) in [4.78, 5) is 14.9. The van der Waals surface area contributed by atoms with E-state index in [9.17, 15) is 8.78 Å². The van der Waals surface area contributed by atoms with Crippen molar-refractivity contribution in [1.29, 1.82) is 0 Å². The van der Waals surface area contributed by atoms with Crippen LogP contribution in [0.15, 0.2) is 30.6 Å². The van der Waals surface area contributed by atoms with Crippen LogP contribution in [0.5, 0.6) is 0 Å². The number of nitrogens with two attached hydrogens (primary N) is 1. The fraction of sp³-hybridized carbons (Fsp3) is 0.154. The van der Waals surface area contributed by atoms with E-state index in [0.717, 1.165) is 6.92 Å². The van der Waals surface area contributed by atoms with E-state index in [-0.39, 0.29) is 11.4 Å².